The number of ether oxygens (including phenoxy) is 3. The molecule has 26 heavy (non-hydrogen) atoms. The van der Waals surface area contributed by atoms with Crippen molar-refractivity contribution in [1.82, 2.24) is 4.72 Å². The second-order valence-corrected chi connectivity index (χ2v) is 7.60. The minimum atomic E-state index is -3.76. The highest BCUT2D eigenvalue weighted by atomic mass is 35.5. The molecule has 8 heteroatoms. The van der Waals surface area contributed by atoms with Crippen LogP contribution in [0.2, 0.25) is 5.02 Å². The quantitative estimate of drug-likeness (QED) is 0.730. The fraction of sp³-hybridized carbons (Fsp3) is 0.333. The summed E-state index contributed by atoms with van der Waals surface area (Å²) in [6, 6.07) is 9.13. The minimum absolute atomic E-state index is 0.0679. The zero-order valence-corrected chi connectivity index (χ0v) is 16.6. The predicted molar refractivity (Wildman–Crippen MR) is 101 cm³/mol. The first-order chi connectivity index (χ1) is 12.3. The van der Waals surface area contributed by atoms with E-state index in [4.69, 9.17) is 25.8 Å². The highest BCUT2D eigenvalue weighted by Gasteiger charge is 2.20. The Morgan fingerprint density at radius 1 is 1.04 bits per heavy atom. The Balaban J connectivity index is 2.24. The molecule has 6 nitrogen and oxygen atoms in total. The number of sulfonamides is 1. The van der Waals surface area contributed by atoms with E-state index in [0.29, 0.717) is 23.9 Å². The maximum absolute atomic E-state index is 12.6. The van der Waals surface area contributed by atoms with Gasteiger partial charge in [-0.15, -0.1) is 0 Å². The molecule has 1 N–H and O–H groups in total. The molecule has 0 saturated heterocycles. The van der Waals surface area contributed by atoms with Crippen molar-refractivity contribution in [3.8, 4) is 17.2 Å². The molecule has 2 rings (SSSR count). The van der Waals surface area contributed by atoms with Gasteiger partial charge < -0.3 is 14.2 Å². The molecule has 0 heterocycles. The van der Waals surface area contributed by atoms with Gasteiger partial charge in [-0.3, -0.25) is 0 Å². The molecule has 0 aromatic heterocycles. The van der Waals surface area contributed by atoms with E-state index < -0.39 is 16.1 Å². The maximum atomic E-state index is 12.6. The van der Waals surface area contributed by atoms with E-state index in [9.17, 15) is 8.42 Å². The van der Waals surface area contributed by atoms with Gasteiger partial charge in [-0.05, 0) is 49.7 Å². The summed E-state index contributed by atoms with van der Waals surface area (Å²) in [6.07, 6.45) is 0. The molecule has 0 radical (unpaired) electrons. The molecule has 0 aliphatic heterocycles. The average molecular weight is 400 g/mol. The van der Waals surface area contributed by atoms with Crippen LogP contribution in [0.5, 0.6) is 17.2 Å². The number of benzene rings is 2. The highest BCUT2D eigenvalue weighted by molar-refractivity contribution is 7.89. The Labute approximate surface area is 159 Å². The van der Waals surface area contributed by atoms with Gasteiger partial charge in [0.1, 0.15) is 5.75 Å². The van der Waals surface area contributed by atoms with Gasteiger partial charge in [-0.25, -0.2) is 13.1 Å². The molecule has 0 bridgehead atoms. The van der Waals surface area contributed by atoms with Crippen LogP contribution >= 0.6 is 11.6 Å². The van der Waals surface area contributed by atoms with Crippen LogP contribution in [0.25, 0.3) is 0 Å². The highest BCUT2D eigenvalue weighted by Crippen LogP contribution is 2.31. The van der Waals surface area contributed by atoms with Crippen molar-refractivity contribution < 1.29 is 22.6 Å². The zero-order chi connectivity index (χ0) is 19.3. The average Bonchev–Trinajstić information content (AvgIpc) is 2.62. The fourth-order valence-corrected chi connectivity index (χ4v) is 3.97. The number of nitrogens with one attached hydrogen (secondary N) is 1. The molecule has 0 aliphatic carbocycles. The Hall–Kier alpha value is -1.96. The largest absolute Gasteiger partial charge is 0.493 e. The first-order valence-corrected chi connectivity index (χ1v) is 9.85. The lowest BCUT2D eigenvalue weighted by Crippen LogP contribution is -2.27. The summed E-state index contributed by atoms with van der Waals surface area (Å²) in [4.78, 5) is 0.0679. The topological polar surface area (TPSA) is 73.9 Å². The lowest BCUT2D eigenvalue weighted by Gasteiger charge is -2.17. The molecular formula is C18H22ClNO5S. The van der Waals surface area contributed by atoms with E-state index in [0.717, 1.165) is 5.56 Å². The molecule has 0 saturated carbocycles. The van der Waals surface area contributed by atoms with Crippen molar-refractivity contribution in [2.24, 2.45) is 0 Å². The normalized spacial score (nSPS) is 12.5. The molecule has 0 spiro atoms. The summed E-state index contributed by atoms with van der Waals surface area (Å²) in [7, 11) is -0.692. The van der Waals surface area contributed by atoms with Crippen LogP contribution in [0.3, 0.4) is 0 Å². The number of rotatable bonds is 8. The van der Waals surface area contributed by atoms with Crippen molar-refractivity contribution in [2.75, 3.05) is 20.8 Å². The molecule has 142 valence electrons. The third-order valence-electron chi connectivity index (χ3n) is 3.75. The van der Waals surface area contributed by atoms with E-state index in [2.05, 4.69) is 4.72 Å². The van der Waals surface area contributed by atoms with E-state index in [1.807, 2.05) is 6.92 Å². The zero-order valence-electron chi connectivity index (χ0n) is 15.1. The van der Waals surface area contributed by atoms with Crippen LogP contribution in [0, 0.1) is 0 Å². The Morgan fingerprint density at radius 3 is 2.27 bits per heavy atom. The van der Waals surface area contributed by atoms with Gasteiger partial charge in [-0.1, -0.05) is 17.7 Å². The lowest BCUT2D eigenvalue weighted by molar-refractivity contribution is 0.340. The van der Waals surface area contributed by atoms with Gasteiger partial charge >= 0.3 is 0 Å². The molecule has 0 unspecified atom stereocenters. The Kier molecular flexibility index (Phi) is 6.75. The molecule has 0 fully saturated rings. The van der Waals surface area contributed by atoms with Crippen LogP contribution < -0.4 is 18.9 Å². The smallest absolute Gasteiger partial charge is 0.241 e. The van der Waals surface area contributed by atoms with Gasteiger partial charge in [0.25, 0.3) is 0 Å². The third-order valence-corrected chi connectivity index (χ3v) is 5.59. The first kappa shape index (κ1) is 20.4. The minimum Gasteiger partial charge on any atom is -0.493 e. The van der Waals surface area contributed by atoms with E-state index in [-0.39, 0.29) is 9.92 Å². The molecule has 0 aliphatic rings. The fourth-order valence-electron chi connectivity index (χ4n) is 2.41. The van der Waals surface area contributed by atoms with Crippen molar-refractivity contribution in [3.63, 3.8) is 0 Å². The molecule has 2 aromatic carbocycles. The van der Waals surface area contributed by atoms with Crippen LogP contribution in [0.15, 0.2) is 41.3 Å². The summed E-state index contributed by atoms with van der Waals surface area (Å²) >= 11 is 6.09. The van der Waals surface area contributed by atoms with Gasteiger partial charge in [0.15, 0.2) is 11.5 Å². The van der Waals surface area contributed by atoms with Gasteiger partial charge in [-0.2, -0.15) is 0 Å². The monoisotopic (exact) mass is 399 g/mol. The van der Waals surface area contributed by atoms with Gasteiger partial charge in [0, 0.05) is 6.04 Å². The lowest BCUT2D eigenvalue weighted by atomic mass is 10.1. The molecule has 2 aromatic rings. The van der Waals surface area contributed by atoms with Crippen LogP contribution in [-0.2, 0) is 10.0 Å². The summed E-state index contributed by atoms with van der Waals surface area (Å²) < 4.78 is 43.7. The van der Waals surface area contributed by atoms with Crippen LogP contribution in [0.1, 0.15) is 25.5 Å². The first-order valence-electron chi connectivity index (χ1n) is 7.99. The van der Waals surface area contributed by atoms with Gasteiger partial charge in [0.2, 0.25) is 10.0 Å². The van der Waals surface area contributed by atoms with Crippen molar-refractivity contribution in [3.05, 3.63) is 47.0 Å². The second kappa shape index (κ2) is 8.62. The van der Waals surface area contributed by atoms with Crippen LogP contribution in [-0.4, -0.2) is 29.2 Å². The summed E-state index contributed by atoms with van der Waals surface area (Å²) in [5, 5.41) is 0.244. The number of hydrogen-bond donors (Lipinski definition) is 1. The standard InChI is InChI=1S/C18H22ClNO5S/c1-5-25-16-9-7-14(11-15(16)19)26(21,22)20-12(2)13-6-8-17(23-3)18(10-13)24-4/h6-12,20H,5H2,1-4H3/t12-/m1/s1. The van der Waals surface area contributed by atoms with E-state index in [1.54, 1.807) is 38.3 Å². The summed E-state index contributed by atoms with van der Waals surface area (Å²) in [6.45, 7) is 4.02. The SMILES string of the molecule is CCOc1ccc(S(=O)(=O)N[C@H](C)c2ccc(OC)c(OC)c2)cc1Cl. The van der Waals surface area contributed by atoms with E-state index >= 15 is 0 Å². The summed E-state index contributed by atoms with van der Waals surface area (Å²) in [5.74, 6) is 1.55. The predicted octanol–water partition coefficient (Wildman–Crippen LogP) is 3.80. The molecule has 0 amide bonds. The van der Waals surface area contributed by atoms with E-state index in [1.165, 1.54) is 19.2 Å². The van der Waals surface area contributed by atoms with Crippen molar-refractivity contribution in [1.29, 1.82) is 0 Å². The maximum Gasteiger partial charge on any atom is 0.241 e. The van der Waals surface area contributed by atoms with Crippen LogP contribution in [0.4, 0.5) is 0 Å². The summed E-state index contributed by atoms with van der Waals surface area (Å²) in [5.41, 5.74) is 0.739. The second-order valence-electron chi connectivity index (χ2n) is 5.48. The number of halogens is 1. The third kappa shape index (κ3) is 4.60. The van der Waals surface area contributed by atoms with Crippen molar-refractivity contribution in [2.45, 2.75) is 24.8 Å². The molecular weight excluding hydrogens is 378 g/mol. The number of methoxy groups -OCH3 is 2. The van der Waals surface area contributed by atoms with Gasteiger partial charge in [0.05, 0.1) is 30.7 Å². The van der Waals surface area contributed by atoms with Crippen molar-refractivity contribution >= 4 is 21.6 Å². The molecule has 1 atom stereocenters. The Bertz CT molecular complexity index is 870. The number of hydrogen-bond acceptors (Lipinski definition) is 5. The Morgan fingerprint density at radius 2 is 1.69 bits per heavy atom.